The van der Waals surface area contributed by atoms with Crippen molar-refractivity contribution in [2.24, 2.45) is 5.73 Å². The van der Waals surface area contributed by atoms with Crippen LogP contribution in [0.5, 0.6) is 0 Å². The van der Waals surface area contributed by atoms with Crippen molar-refractivity contribution in [1.82, 2.24) is 0 Å². The second-order valence-electron chi connectivity index (χ2n) is 4.65. The van der Waals surface area contributed by atoms with Gasteiger partial charge in [0.1, 0.15) is 0 Å². The first-order valence-corrected chi connectivity index (χ1v) is 6.76. The largest absolute Gasteiger partial charge is 0.323 e. The summed E-state index contributed by atoms with van der Waals surface area (Å²) in [6.45, 7) is 0. The van der Waals surface area contributed by atoms with E-state index in [4.69, 9.17) is 5.73 Å². The predicted octanol–water partition coefficient (Wildman–Crippen LogP) is 3.05. The minimum atomic E-state index is -0.687. The summed E-state index contributed by atoms with van der Waals surface area (Å²) in [6.07, 6.45) is 4.83. The highest BCUT2D eigenvalue weighted by molar-refractivity contribution is 9.10. The monoisotopic (exact) mass is 296 g/mol. The van der Waals surface area contributed by atoms with Gasteiger partial charge in [0, 0.05) is 4.47 Å². The maximum atomic E-state index is 12.2. The van der Waals surface area contributed by atoms with E-state index in [1.807, 2.05) is 24.3 Å². The van der Waals surface area contributed by atoms with Gasteiger partial charge in [-0.25, -0.2) is 0 Å². The smallest absolute Gasteiger partial charge is 0.244 e. The van der Waals surface area contributed by atoms with Crippen LogP contribution in [0.1, 0.15) is 32.1 Å². The van der Waals surface area contributed by atoms with E-state index >= 15 is 0 Å². The molecule has 1 amide bonds. The van der Waals surface area contributed by atoms with Gasteiger partial charge in [0.25, 0.3) is 0 Å². The number of hydrogen-bond donors (Lipinski definition) is 2. The van der Waals surface area contributed by atoms with Crippen molar-refractivity contribution in [3.8, 4) is 0 Å². The summed E-state index contributed by atoms with van der Waals surface area (Å²) in [5.41, 5.74) is 6.27. The second kappa shape index (κ2) is 5.19. The lowest BCUT2D eigenvalue weighted by Gasteiger charge is -2.31. The summed E-state index contributed by atoms with van der Waals surface area (Å²) in [5.74, 6) is -0.0656. The predicted molar refractivity (Wildman–Crippen MR) is 72.8 cm³/mol. The molecule has 1 fully saturated rings. The van der Waals surface area contributed by atoms with E-state index in [1.165, 1.54) is 6.42 Å². The average Bonchev–Trinajstić information content (AvgIpc) is 2.33. The summed E-state index contributed by atoms with van der Waals surface area (Å²) >= 11 is 3.41. The summed E-state index contributed by atoms with van der Waals surface area (Å²) in [5, 5.41) is 2.91. The second-order valence-corrected chi connectivity index (χ2v) is 5.51. The Hall–Kier alpha value is -0.870. The lowest BCUT2D eigenvalue weighted by molar-refractivity contribution is -0.122. The normalized spacial score (nSPS) is 18.7. The van der Waals surface area contributed by atoms with Crippen LogP contribution in [-0.4, -0.2) is 11.4 Å². The molecule has 0 saturated heterocycles. The maximum Gasteiger partial charge on any atom is 0.244 e. The Morgan fingerprint density at radius 2 is 1.88 bits per heavy atom. The quantitative estimate of drug-likeness (QED) is 0.881. The van der Waals surface area contributed by atoms with Crippen molar-refractivity contribution in [3.63, 3.8) is 0 Å². The topological polar surface area (TPSA) is 55.1 Å². The van der Waals surface area contributed by atoms with Gasteiger partial charge in [-0.3, -0.25) is 4.79 Å². The van der Waals surface area contributed by atoms with Crippen LogP contribution in [0.25, 0.3) is 0 Å². The standard InChI is InChI=1S/C13H17BrN2O/c14-10-6-2-3-7-11(10)16-12(17)13(15)8-4-1-5-9-13/h2-3,6-7H,1,4-5,8-9,15H2,(H,16,17). The van der Waals surface area contributed by atoms with E-state index in [9.17, 15) is 4.79 Å². The van der Waals surface area contributed by atoms with Gasteiger partial charge in [-0.2, -0.15) is 0 Å². The third-order valence-corrected chi connectivity index (χ3v) is 4.01. The van der Waals surface area contributed by atoms with E-state index in [0.29, 0.717) is 0 Å². The summed E-state index contributed by atoms with van der Waals surface area (Å²) in [4.78, 5) is 12.2. The number of benzene rings is 1. The SMILES string of the molecule is NC1(C(=O)Nc2ccccc2Br)CCCCC1. The fraction of sp³-hybridized carbons (Fsp3) is 0.462. The molecule has 92 valence electrons. The molecule has 0 bridgehead atoms. The number of carbonyl (C=O) groups excluding carboxylic acids is 1. The molecule has 1 aliphatic rings. The molecule has 0 heterocycles. The molecule has 3 N–H and O–H groups in total. The molecular formula is C13H17BrN2O. The highest BCUT2D eigenvalue weighted by atomic mass is 79.9. The Morgan fingerprint density at radius 1 is 1.24 bits per heavy atom. The third-order valence-electron chi connectivity index (χ3n) is 3.32. The molecule has 0 unspecified atom stereocenters. The highest BCUT2D eigenvalue weighted by Gasteiger charge is 2.35. The van der Waals surface area contributed by atoms with Crippen molar-refractivity contribution in [2.45, 2.75) is 37.6 Å². The number of para-hydroxylation sites is 1. The molecule has 17 heavy (non-hydrogen) atoms. The molecule has 0 radical (unpaired) electrons. The minimum Gasteiger partial charge on any atom is -0.323 e. The van der Waals surface area contributed by atoms with E-state index in [-0.39, 0.29) is 5.91 Å². The zero-order valence-electron chi connectivity index (χ0n) is 9.71. The molecule has 1 aliphatic carbocycles. The first-order valence-electron chi connectivity index (χ1n) is 5.97. The molecule has 1 saturated carbocycles. The number of rotatable bonds is 2. The molecular weight excluding hydrogens is 280 g/mol. The van der Waals surface area contributed by atoms with Crippen LogP contribution < -0.4 is 11.1 Å². The van der Waals surface area contributed by atoms with Gasteiger partial charge < -0.3 is 11.1 Å². The van der Waals surface area contributed by atoms with Gasteiger partial charge >= 0.3 is 0 Å². The van der Waals surface area contributed by atoms with Gasteiger partial charge in [0.05, 0.1) is 11.2 Å². The average molecular weight is 297 g/mol. The lowest BCUT2D eigenvalue weighted by Crippen LogP contribution is -2.52. The summed E-state index contributed by atoms with van der Waals surface area (Å²) in [7, 11) is 0. The van der Waals surface area contributed by atoms with Crippen molar-refractivity contribution < 1.29 is 4.79 Å². The van der Waals surface area contributed by atoms with Crippen molar-refractivity contribution in [3.05, 3.63) is 28.7 Å². The first kappa shape index (κ1) is 12.6. The molecule has 0 aromatic heterocycles. The van der Waals surface area contributed by atoms with Crippen molar-refractivity contribution in [2.75, 3.05) is 5.32 Å². The molecule has 0 spiro atoms. The maximum absolute atomic E-state index is 12.2. The van der Waals surface area contributed by atoms with Crippen LogP contribution in [0.2, 0.25) is 0 Å². The Kier molecular flexibility index (Phi) is 3.84. The van der Waals surface area contributed by atoms with E-state index in [0.717, 1.165) is 35.8 Å². The van der Waals surface area contributed by atoms with Crippen LogP contribution in [0.4, 0.5) is 5.69 Å². The number of hydrogen-bond acceptors (Lipinski definition) is 2. The van der Waals surface area contributed by atoms with Gasteiger partial charge in [-0.05, 0) is 40.9 Å². The number of amides is 1. The first-order chi connectivity index (χ1) is 8.12. The number of nitrogens with one attached hydrogen (secondary N) is 1. The Morgan fingerprint density at radius 3 is 2.53 bits per heavy atom. The highest BCUT2D eigenvalue weighted by Crippen LogP contribution is 2.28. The number of carbonyl (C=O) groups is 1. The summed E-state index contributed by atoms with van der Waals surface area (Å²) in [6, 6.07) is 7.58. The van der Waals surface area contributed by atoms with Gasteiger partial charge in [0.15, 0.2) is 0 Å². The van der Waals surface area contributed by atoms with Crippen LogP contribution in [-0.2, 0) is 4.79 Å². The third kappa shape index (κ3) is 2.87. The van der Waals surface area contributed by atoms with Crippen LogP contribution >= 0.6 is 15.9 Å². The Balaban J connectivity index is 2.08. The van der Waals surface area contributed by atoms with Gasteiger partial charge in [-0.15, -0.1) is 0 Å². The van der Waals surface area contributed by atoms with Gasteiger partial charge in [0.2, 0.25) is 5.91 Å². The number of halogens is 1. The van der Waals surface area contributed by atoms with E-state index < -0.39 is 5.54 Å². The molecule has 1 aromatic carbocycles. The van der Waals surface area contributed by atoms with Crippen molar-refractivity contribution >= 4 is 27.5 Å². The Bertz CT molecular complexity index is 414. The number of nitrogens with two attached hydrogens (primary N) is 1. The van der Waals surface area contributed by atoms with Crippen LogP contribution in [0.15, 0.2) is 28.7 Å². The van der Waals surface area contributed by atoms with Crippen LogP contribution in [0, 0.1) is 0 Å². The molecule has 1 aromatic rings. The van der Waals surface area contributed by atoms with E-state index in [1.54, 1.807) is 0 Å². The fourth-order valence-electron chi connectivity index (χ4n) is 2.22. The molecule has 0 atom stereocenters. The zero-order chi connectivity index (χ0) is 12.3. The Labute approximate surface area is 110 Å². The van der Waals surface area contributed by atoms with Crippen LogP contribution in [0.3, 0.4) is 0 Å². The fourth-order valence-corrected chi connectivity index (χ4v) is 2.60. The lowest BCUT2D eigenvalue weighted by atomic mass is 9.82. The minimum absolute atomic E-state index is 0.0656. The summed E-state index contributed by atoms with van der Waals surface area (Å²) < 4.78 is 0.882. The van der Waals surface area contributed by atoms with Gasteiger partial charge in [-0.1, -0.05) is 31.4 Å². The molecule has 3 nitrogen and oxygen atoms in total. The number of anilines is 1. The molecule has 0 aliphatic heterocycles. The molecule has 2 rings (SSSR count). The zero-order valence-corrected chi connectivity index (χ0v) is 11.3. The van der Waals surface area contributed by atoms with Crippen molar-refractivity contribution in [1.29, 1.82) is 0 Å². The van der Waals surface area contributed by atoms with E-state index in [2.05, 4.69) is 21.2 Å². The molecule has 4 heteroatoms.